The van der Waals surface area contributed by atoms with Gasteiger partial charge in [-0.05, 0) is 12.1 Å². The van der Waals surface area contributed by atoms with Crippen LogP contribution in [0.5, 0.6) is 0 Å². The SMILES string of the molecule is O=C(Cc1cnc[nH]1)N1CCN(c2nc3c4ccncc4c4cnccc4c3s2)CC1. The van der Waals surface area contributed by atoms with Crippen molar-refractivity contribution in [2.24, 2.45) is 0 Å². The molecule has 1 aromatic carbocycles. The Labute approximate surface area is 181 Å². The van der Waals surface area contributed by atoms with E-state index in [-0.39, 0.29) is 5.91 Å². The van der Waals surface area contributed by atoms with E-state index in [4.69, 9.17) is 4.98 Å². The molecule has 1 N–H and O–H groups in total. The molecule has 1 saturated heterocycles. The fraction of sp³-hybridized carbons (Fsp3) is 0.227. The number of imidazole rings is 1. The van der Waals surface area contributed by atoms with Gasteiger partial charge in [-0.1, -0.05) is 11.3 Å². The van der Waals surface area contributed by atoms with Crippen molar-refractivity contribution in [3.05, 3.63) is 55.1 Å². The third-order valence-corrected chi connectivity index (χ3v) is 7.00. The zero-order chi connectivity index (χ0) is 20.8. The van der Waals surface area contributed by atoms with E-state index in [0.29, 0.717) is 19.5 Å². The van der Waals surface area contributed by atoms with E-state index in [0.717, 1.165) is 51.0 Å². The number of piperazine rings is 1. The van der Waals surface area contributed by atoms with Crippen LogP contribution in [0.25, 0.3) is 31.8 Å². The van der Waals surface area contributed by atoms with Crippen molar-refractivity contribution in [2.75, 3.05) is 31.1 Å². The van der Waals surface area contributed by atoms with Gasteiger partial charge in [0.15, 0.2) is 5.13 Å². The monoisotopic (exact) mass is 429 g/mol. The van der Waals surface area contributed by atoms with Crippen molar-refractivity contribution >= 4 is 54.1 Å². The molecule has 8 nitrogen and oxygen atoms in total. The molecule has 1 fully saturated rings. The van der Waals surface area contributed by atoms with Gasteiger partial charge in [-0.25, -0.2) is 9.97 Å². The van der Waals surface area contributed by atoms with Crippen LogP contribution >= 0.6 is 11.3 Å². The number of anilines is 1. The average Bonchev–Trinajstić information content (AvgIpc) is 3.50. The smallest absolute Gasteiger partial charge is 0.228 e. The summed E-state index contributed by atoms with van der Waals surface area (Å²) in [6, 6.07) is 4.08. The van der Waals surface area contributed by atoms with Crippen LogP contribution in [-0.2, 0) is 11.2 Å². The number of aromatic nitrogens is 5. The minimum Gasteiger partial charge on any atom is -0.348 e. The highest BCUT2D eigenvalue weighted by Crippen LogP contribution is 2.39. The topological polar surface area (TPSA) is 90.9 Å². The summed E-state index contributed by atoms with van der Waals surface area (Å²) in [5.74, 6) is 0.130. The summed E-state index contributed by atoms with van der Waals surface area (Å²) in [7, 11) is 0. The van der Waals surface area contributed by atoms with Crippen LogP contribution in [0.1, 0.15) is 5.69 Å². The maximum atomic E-state index is 12.6. The molecular weight excluding hydrogens is 410 g/mol. The Hall–Kier alpha value is -3.59. The van der Waals surface area contributed by atoms with Gasteiger partial charge in [0.2, 0.25) is 5.91 Å². The number of carbonyl (C=O) groups is 1. The zero-order valence-electron chi connectivity index (χ0n) is 16.7. The molecule has 0 radical (unpaired) electrons. The number of thiazole rings is 1. The number of nitrogens with one attached hydrogen (secondary N) is 1. The molecule has 0 atom stereocenters. The highest BCUT2D eigenvalue weighted by molar-refractivity contribution is 7.23. The van der Waals surface area contributed by atoms with E-state index in [1.54, 1.807) is 23.9 Å². The van der Waals surface area contributed by atoms with Crippen LogP contribution in [0, 0.1) is 0 Å². The summed E-state index contributed by atoms with van der Waals surface area (Å²) in [5.41, 5.74) is 1.86. The molecule has 5 aromatic rings. The van der Waals surface area contributed by atoms with Gasteiger partial charge in [-0.15, -0.1) is 0 Å². The van der Waals surface area contributed by atoms with E-state index in [2.05, 4.69) is 30.9 Å². The lowest BCUT2D eigenvalue weighted by Crippen LogP contribution is -2.49. The summed E-state index contributed by atoms with van der Waals surface area (Å²) in [6.45, 7) is 2.93. The van der Waals surface area contributed by atoms with Gasteiger partial charge in [0, 0.05) is 84.4 Å². The number of benzene rings is 1. The first-order chi connectivity index (χ1) is 15.3. The third-order valence-electron chi connectivity index (χ3n) is 5.85. The van der Waals surface area contributed by atoms with E-state index >= 15 is 0 Å². The number of fused-ring (bicyclic) bond motifs is 6. The lowest BCUT2D eigenvalue weighted by Gasteiger charge is -2.34. The Morgan fingerprint density at radius 3 is 2.42 bits per heavy atom. The van der Waals surface area contributed by atoms with Crippen molar-refractivity contribution in [3.63, 3.8) is 0 Å². The maximum absolute atomic E-state index is 12.6. The molecular formula is C22H19N7OS. The van der Waals surface area contributed by atoms with Gasteiger partial charge in [-0.2, -0.15) is 0 Å². The Bertz CT molecular complexity index is 1330. The second-order valence-corrected chi connectivity index (χ2v) is 8.62. The zero-order valence-corrected chi connectivity index (χ0v) is 17.5. The van der Waals surface area contributed by atoms with Crippen molar-refractivity contribution in [3.8, 4) is 0 Å². The number of H-pyrrole nitrogens is 1. The number of rotatable bonds is 3. The molecule has 0 saturated carbocycles. The van der Waals surface area contributed by atoms with Crippen molar-refractivity contribution < 1.29 is 4.79 Å². The predicted molar refractivity (Wildman–Crippen MR) is 121 cm³/mol. The highest BCUT2D eigenvalue weighted by Gasteiger charge is 2.24. The molecule has 31 heavy (non-hydrogen) atoms. The van der Waals surface area contributed by atoms with Crippen LogP contribution < -0.4 is 4.90 Å². The number of aromatic amines is 1. The van der Waals surface area contributed by atoms with Gasteiger partial charge in [0.25, 0.3) is 0 Å². The van der Waals surface area contributed by atoms with E-state index in [1.807, 2.05) is 35.8 Å². The lowest BCUT2D eigenvalue weighted by atomic mass is 10.0. The van der Waals surface area contributed by atoms with Gasteiger partial charge >= 0.3 is 0 Å². The molecule has 0 spiro atoms. The van der Waals surface area contributed by atoms with Crippen molar-refractivity contribution in [1.29, 1.82) is 0 Å². The normalized spacial score (nSPS) is 14.7. The van der Waals surface area contributed by atoms with Crippen LogP contribution in [0.3, 0.4) is 0 Å². The first-order valence-electron chi connectivity index (χ1n) is 10.2. The molecule has 154 valence electrons. The molecule has 1 aliphatic heterocycles. The molecule has 4 aromatic heterocycles. The molecule has 6 rings (SSSR count). The number of hydrogen-bond acceptors (Lipinski definition) is 7. The second-order valence-electron chi connectivity index (χ2n) is 7.64. The summed E-state index contributed by atoms with van der Waals surface area (Å²) in [5, 5.41) is 5.42. The molecule has 9 heteroatoms. The van der Waals surface area contributed by atoms with Gasteiger partial charge in [0.1, 0.15) is 0 Å². The summed E-state index contributed by atoms with van der Waals surface area (Å²) in [4.78, 5) is 37.4. The average molecular weight is 430 g/mol. The Balaban J connectivity index is 1.30. The predicted octanol–water partition coefficient (Wildman–Crippen LogP) is 3.01. The van der Waals surface area contributed by atoms with E-state index in [1.165, 1.54) is 4.70 Å². The summed E-state index contributed by atoms with van der Waals surface area (Å²) in [6.07, 6.45) is 11.1. The minimum atomic E-state index is 0.130. The van der Waals surface area contributed by atoms with Gasteiger partial charge in [0.05, 0.1) is 23.0 Å². The number of nitrogens with zero attached hydrogens (tertiary/aromatic N) is 6. The third kappa shape index (κ3) is 3.09. The molecule has 5 heterocycles. The fourth-order valence-corrected chi connectivity index (χ4v) is 5.41. The molecule has 1 aliphatic rings. The van der Waals surface area contributed by atoms with E-state index in [9.17, 15) is 4.79 Å². The van der Waals surface area contributed by atoms with Crippen LogP contribution in [-0.4, -0.2) is 61.9 Å². The lowest BCUT2D eigenvalue weighted by molar-refractivity contribution is -0.130. The first-order valence-corrected chi connectivity index (χ1v) is 11.0. The number of carbonyl (C=O) groups excluding carboxylic acids is 1. The highest BCUT2D eigenvalue weighted by atomic mass is 32.1. The van der Waals surface area contributed by atoms with Crippen molar-refractivity contribution in [2.45, 2.75) is 6.42 Å². The standard InChI is InChI=1S/C22H19N7OS/c30-19(9-14-10-25-13-26-14)28-5-7-29(8-6-28)22-27-20-15-1-3-23-11-17(15)18-12-24-4-2-16(18)21(20)31-22/h1-4,10-13H,5-9H2,(H,25,26). The van der Waals surface area contributed by atoms with Crippen LogP contribution in [0.2, 0.25) is 0 Å². The number of hydrogen-bond donors (Lipinski definition) is 1. The summed E-state index contributed by atoms with van der Waals surface area (Å²) < 4.78 is 1.17. The number of pyridine rings is 2. The number of amides is 1. The molecule has 0 unspecified atom stereocenters. The Morgan fingerprint density at radius 1 is 0.935 bits per heavy atom. The van der Waals surface area contributed by atoms with E-state index < -0.39 is 0 Å². The Morgan fingerprint density at radius 2 is 1.68 bits per heavy atom. The summed E-state index contributed by atoms with van der Waals surface area (Å²) >= 11 is 1.71. The van der Waals surface area contributed by atoms with Gasteiger partial charge in [-0.3, -0.25) is 14.8 Å². The van der Waals surface area contributed by atoms with Crippen LogP contribution in [0.4, 0.5) is 5.13 Å². The molecule has 1 amide bonds. The quantitative estimate of drug-likeness (QED) is 0.444. The molecule has 0 bridgehead atoms. The van der Waals surface area contributed by atoms with Crippen molar-refractivity contribution in [1.82, 2.24) is 29.8 Å². The Kier molecular flexibility index (Phi) is 4.27. The maximum Gasteiger partial charge on any atom is 0.228 e. The van der Waals surface area contributed by atoms with Crippen LogP contribution in [0.15, 0.2) is 49.4 Å². The first kappa shape index (κ1) is 18.2. The molecule has 0 aliphatic carbocycles. The van der Waals surface area contributed by atoms with Gasteiger partial charge < -0.3 is 14.8 Å². The largest absolute Gasteiger partial charge is 0.348 e. The second kappa shape index (κ2) is 7.28. The minimum absolute atomic E-state index is 0.130. The fourth-order valence-electron chi connectivity index (χ4n) is 4.24.